The van der Waals surface area contributed by atoms with Crippen LogP contribution >= 0.6 is 15.9 Å². The molecule has 0 aliphatic heterocycles. The molecular weight excluding hydrogens is 306 g/mol. The summed E-state index contributed by atoms with van der Waals surface area (Å²) in [6.45, 7) is 0.695. The molecular formula is C15H14BrNO2. The summed E-state index contributed by atoms with van der Waals surface area (Å²) >= 11 is 3.35. The SMILES string of the molecule is O=C(O)c1ccc(Br)cc1NCCc1ccccc1. The number of carboxylic acids is 1. The number of hydrogen-bond acceptors (Lipinski definition) is 2. The molecule has 0 atom stereocenters. The van der Waals surface area contributed by atoms with Crippen molar-refractivity contribution in [2.45, 2.75) is 6.42 Å². The summed E-state index contributed by atoms with van der Waals surface area (Å²) in [5.74, 6) is -0.922. The van der Waals surface area contributed by atoms with Gasteiger partial charge in [0.25, 0.3) is 0 Å². The Morgan fingerprint density at radius 2 is 1.89 bits per heavy atom. The third-order valence-corrected chi connectivity index (χ3v) is 3.28. The summed E-state index contributed by atoms with van der Waals surface area (Å²) in [6.07, 6.45) is 0.854. The Balaban J connectivity index is 2.03. The Morgan fingerprint density at radius 1 is 1.16 bits per heavy atom. The van der Waals surface area contributed by atoms with Crippen LogP contribution in [-0.2, 0) is 6.42 Å². The molecule has 2 aromatic rings. The van der Waals surface area contributed by atoms with Gasteiger partial charge < -0.3 is 10.4 Å². The number of rotatable bonds is 5. The second-order valence-corrected chi connectivity index (χ2v) is 5.07. The molecule has 0 heterocycles. The van der Waals surface area contributed by atoms with Crippen LogP contribution in [0, 0.1) is 0 Å². The molecule has 0 aliphatic rings. The summed E-state index contributed by atoms with van der Waals surface area (Å²) in [5, 5.41) is 12.3. The smallest absolute Gasteiger partial charge is 0.337 e. The lowest BCUT2D eigenvalue weighted by atomic mass is 10.1. The highest BCUT2D eigenvalue weighted by Crippen LogP contribution is 2.21. The van der Waals surface area contributed by atoms with Crippen molar-refractivity contribution in [2.75, 3.05) is 11.9 Å². The molecule has 2 rings (SSSR count). The van der Waals surface area contributed by atoms with E-state index in [1.54, 1.807) is 18.2 Å². The fourth-order valence-corrected chi connectivity index (χ4v) is 2.20. The van der Waals surface area contributed by atoms with Crippen molar-refractivity contribution in [1.82, 2.24) is 0 Å². The maximum absolute atomic E-state index is 11.1. The van der Waals surface area contributed by atoms with Gasteiger partial charge in [-0.1, -0.05) is 46.3 Å². The molecule has 3 nitrogen and oxygen atoms in total. The Morgan fingerprint density at radius 3 is 2.58 bits per heavy atom. The molecule has 0 radical (unpaired) electrons. The van der Waals surface area contributed by atoms with Gasteiger partial charge in [0.15, 0.2) is 0 Å². The first-order valence-electron chi connectivity index (χ1n) is 5.97. The van der Waals surface area contributed by atoms with Crippen LogP contribution in [0.15, 0.2) is 53.0 Å². The molecule has 0 aliphatic carbocycles. The molecule has 0 saturated heterocycles. The molecule has 19 heavy (non-hydrogen) atoms. The number of carbonyl (C=O) groups is 1. The van der Waals surface area contributed by atoms with Crippen LogP contribution in [0.2, 0.25) is 0 Å². The quantitative estimate of drug-likeness (QED) is 0.881. The van der Waals surface area contributed by atoms with E-state index in [4.69, 9.17) is 5.11 Å². The number of halogens is 1. The van der Waals surface area contributed by atoms with Crippen LogP contribution in [0.25, 0.3) is 0 Å². The Hall–Kier alpha value is -1.81. The van der Waals surface area contributed by atoms with Crippen molar-refractivity contribution >= 4 is 27.6 Å². The van der Waals surface area contributed by atoms with Gasteiger partial charge in [0, 0.05) is 16.7 Å². The zero-order valence-electron chi connectivity index (χ0n) is 10.3. The van der Waals surface area contributed by atoms with Gasteiger partial charge in [0.1, 0.15) is 0 Å². The maximum Gasteiger partial charge on any atom is 0.337 e. The average molecular weight is 320 g/mol. The van der Waals surface area contributed by atoms with E-state index in [0.717, 1.165) is 10.9 Å². The summed E-state index contributed by atoms with van der Waals surface area (Å²) < 4.78 is 0.861. The second kappa shape index (κ2) is 6.38. The largest absolute Gasteiger partial charge is 0.478 e. The number of hydrogen-bond donors (Lipinski definition) is 2. The van der Waals surface area contributed by atoms with Crippen molar-refractivity contribution < 1.29 is 9.90 Å². The zero-order chi connectivity index (χ0) is 13.7. The highest BCUT2D eigenvalue weighted by molar-refractivity contribution is 9.10. The van der Waals surface area contributed by atoms with Crippen molar-refractivity contribution in [3.05, 3.63) is 64.1 Å². The van der Waals surface area contributed by atoms with Crippen LogP contribution in [0.5, 0.6) is 0 Å². The Bertz CT molecular complexity index is 570. The lowest BCUT2D eigenvalue weighted by Crippen LogP contribution is -2.09. The minimum Gasteiger partial charge on any atom is -0.478 e. The van der Waals surface area contributed by atoms with Gasteiger partial charge in [-0.2, -0.15) is 0 Å². The van der Waals surface area contributed by atoms with Gasteiger partial charge in [0.2, 0.25) is 0 Å². The highest BCUT2D eigenvalue weighted by Gasteiger charge is 2.09. The summed E-state index contributed by atoms with van der Waals surface area (Å²) in [6, 6.07) is 15.2. The van der Waals surface area contributed by atoms with Crippen LogP contribution in [-0.4, -0.2) is 17.6 Å². The third kappa shape index (κ3) is 3.83. The van der Waals surface area contributed by atoms with Crippen LogP contribution in [0.3, 0.4) is 0 Å². The Kier molecular flexibility index (Phi) is 4.58. The van der Waals surface area contributed by atoms with E-state index < -0.39 is 5.97 Å². The number of anilines is 1. The van der Waals surface area contributed by atoms with Gasteiger partial charge in [-0.3, -0.25) is 0 Å². The zero-order valence-corrected chi connectivity index (χ0v) is 11.9. The van der Waals surface area contributed by atoms with Gasteiger partial charge >= 0.3 is 5.97 Å². The van der Waals surface area contributed by atoms with E-state index >= 15 is 0 Å². The van der Waals surface area contributed by atoms with E-state index in [0.29, 0.717) is 12.2 Å². The van der Waals surface area contributed by atoms with Crippen molar-refractivity contribution in [3.8, 4) is 0 Å². The van der Waals surface area contributed by atoms with Gasteiger partial charge in [0.05, 0.1) is 5.56 Å². The van der Waals surface area contributed by atoms with Gasteiger partial charge in [-0.15, -0.1) is 0 Å². The first-order valence-corrected chi connectivity index (χ1v) is 6.77. The van der Waals surface area contributed by atoms with Crippen molar-refractivity contribution in [3.63, 3.8) is 0 Å². The highest BCUT2D eigenvalue weighted by atomic mass is 79.9. The minimum atomic E-state index is -0.922. The topological polar surface area (TPSA) is 49.3 Å². The predicted molar refractivity (Wildman–Crippen MR) is 79.7 cm³/mol. The number of nitrogens with one attached hydrogen (secondary N) is 1. The summed E-state index contributed by atoms with van der Waals surface area (Å²) in [5.41, 5.74) is 2.15. The number of carboxylic acid groups (broad SMARTS) is 1. The van der Waals surface area contributed by atoms with Gasteiger partial charge in [-0.05, 0) is 30.2 Å². The Labute approximate surface area is 120 Å². The maximum atomic E-state index is 11.1. The monoisotopic (exact) mass is 319 g/mol. The third-order valence-electron chi connectivity index (χ3n) is 2.78. The van der Waals surface area contributed by atoms with Crippen molar-refractivity contribution in [2.24, 2.45) is 0 Å². The molecule has 0 fully saturated rings. The van der Waals surface area contributed by atoms with E-state index in [2.05, 4.69) is 33.4 Å². The molecule has 98 valence electrons. The molecule has 0 aromatic heterocycles. The van der Waals surface area contributed by atoms with E-state index in [9.17, 15) is 4.79 Å². The average Bonchev–Trinajstić information content (AvgIpc) is 2.39. The molecule has 0 bridgehead atoms. The van der Waals surface area contributed by atoms with Gasteiger partial charge in [-0.25, -0.2) is 4.79 Å². The molecule has 4 heteroatoms. The lowest BCUT2D eigenvalue weighted by molar-refractivity contribution is 0.0698. The van der Waals surface area contributed by atoms with E-state index in [1.807, 2.05) is 18.2 Å². The normalized spacial score (nSPS) is 10.2. The van der Waals surface area contributed by atoms with E-state index in [1.165, 1.54) is 5.56 Å². The predicted octanol–water partition coefficient (Wildman–Crippen LogP) is 3.80. The molecule has 2 N–H and O–H groups in total. The van der Waals surface area contributed by atoms with Crippen molar-refractivity contribution in [1.29, 1.82) is 0 Å². The summed E-state index contributed by atoms with van der Waals surface area (Å²) in [7, 11) is 0. The molecule has 0 saturated carbocycles. The number of aromatic carboxylic acids is 1. The second-order valence-electron chi connectivity index (χ2n) is 4.16. The van der Waals surface area contributed by atoms with Crippen LogP contribution < -0.4 is 5.32 Å². The molecule has 0 spiro atoms. The fraction of sp³-hybridized carbons (Fsp3) is 0.133. The first-order chi connectivity index (χ1) is 9.16. The standard InChI is InChI=1S/C15H14BrNO2/c16-12-6-7-13(15(18)19)14(10-12)17-9-8-11-4-2-1-3-5-11/h1-7,10,17H,8-9H2,(H,18,19). The summed E-state index contributed by atoms with van der Waals surface area (Å²) in [4.78, 5) is 11.1. The lowest BCUT2D eigenvalue weighted by Gasteiger charge is -2.10. The first kappa shape index (κ1) is 13.6. The van der Waals surface area contributed by atoms with Crippen LogP contribution in [0.1, 0.15) is 15.9 Å². The fourth-order valence-electron chi connectivity index (χ4n) is 1.84. The van der Waals surface area contributed by atoms with Crippen LogP contribution in [0.4, 0.5) is 5.69 Å². The minimum absolute atomic E-state index is 0.288. The molecule has 0 amide bonds. The molecule has 0 unspecified atom stereocenters. The number of benzene rings is 2. The molecule has 2 aromatic carbocycles. The van der Waals surface area contributed by atoms with E-state index in [-0.39, 0.29) is 5.56 Å².